The van der Waals surface area contributed by atoms with Crippen LogP contribution in [-0.4, -0.2) is 42.4 Å². The molecule has 1 unspecified atom stereocenters. The Morgan fingerprint density at radius 2 is 2.05 bits per heavy atom. The Morgan fingerprint density at radius 1 is 1.25 bits per heavy atom. The first kappa shape index (κ1) is 15.3. The highest BCUT2D eigenvalue weighted by Crippen LogP contribution is 2.17. The van der Waals surface area contributed by atoms with Gasteiger partial charge in [0.2, 0.25) is 0 Å². The van der Waals surface area contributed by atoms with Crippen molar-refractivity contribution >= 4 is 0 Å². The Balaban J connectivity index is 1.67. The zero-order valence-corrected chi connectivity index (χ0v) is 12.1. The number of hydrogen-bond acceptors (Lipinski definition) is 4. The van der Waals surface area contributed by atoms with Gasteiger partial charge in [-0.3, -0.25) is 4.90 Å². The summed E-state index contributed by atoms with van der Waals surface area (Å²) in [5.74, 6) is 0.902. The van der Waals surface area contributed by atoms with E-state index in [4.69, 9.17) is 10.5 Å². The van der Waals surface area contributed by atoms with Crippen molar-refractivity contribution in [2.24, 2.45) is 5.73 Å². The lowest BCUT2D eigenvalue weighted by molar-refractivity contribution is 0.0851. The quantitative estimate of drug-likeness (QED) is 0.746. The molecule has 0 bridgehead atoms. The molecule has 1 fully saturated rings. The number of likely N-dealkylation sites (tertiary alicyclic amines) is 1. The third kappa shape index (κ3) is 4.47. The molecule has 4 nitrogen and oxygen atoms in total. The van der Waals surface area contributed by atoms with Gasteiger partial charge in [-0.25, -0.2) is 0 Å². The van der Waals surface area contributed by atoms with Crippen molar-refractivity contribution in [3.05, 3.63) is 29.8 Å². The third-order valence-electron chi connectivity index (χ3n) is 3.98. The van der Waals surface area contributed by atoms with E-state index >= 15 is 0 Å². The van der Waals surface area contributed by atoms with Crippen LogP contribution in [-0.2, 0) is 6.54 Å². The zero-order valence-electron chi connectivity index (χ0n) is 12.1. The largest absolute Gasteiger partial charge is 0.494 e. The Labute approximate surface area is 121 Å². The van der Waals surface area contributed by atoms with Gasteiger partial charge in [-0.15, -0.1) is 0 Å². The molecule has 1 heterocycles. The van der Waals surface area contributed by atoms with Crippen molar-refractivity contribution < 1.29 is 9.84 Å². The van der Waals surface area contributed by atoms with Gasteiger partial charge in [0.05, 0.1) is 13.2 Å². The van der Waals surface area contributed by atoms with E-state index in [1.54, 1.807) is 0 Å². The smallest absolute Gasteiger partial charge is 0.119 e. The number of ether oxygens (including phenoxy) is 1. The minimum Gasteiger partial charge on any atom is -0.494 e. The summed E-state index contributed by atoms with van der Waals surface area (Å²) in [7, 11) is 0. The summed E-state index contributed by atoms with van der Waals surface area (Å²) in [6, 6.07) is 8.30. The van der Waals surface area contributed by atoms with Crippen molar-refractivity contribution in [1.29, 1.82) is 0 Å². The Hall–Kier alpha value is -1.10. The van der Waals surface area contributed by atoms with Gasteiger partial charge in [-0.05, 0) is 43.5 Å². The van der Waals surface area contributed by atoms with Gasteiger partial charge in [0, 0.05) is 19.1 Å². The van der Waals surface area contributed by atoms with Gasteiger partial charge >= 0.3 is 0 Å². The first-order valence-electron chi connectivity index (χ1n) is 7.60. The van der Waals surface area contributed by atoms with Gasteiger partial charge in [0.1, 0.15) is 5.75 Å². The molecule has 0 spiro atoms. The van der Waals surface area contributed by atoms with Crippen molar-refractivity contribution in [3.8, 4) is 5.75 Å². The van der Waals surface area contributed by atoms with Crippen LogP contribution in [0.5, 0.6) is 5.75 Å². The number of nitrogens with two attached hydrogens (primary N) is 1. The van der Waals surface area contributed by atoms with E-state index in [9.17, 15) is 5.11 Å². The molecule has 1 atom stereocenters. The third-order valence-corrected chi connectivity index (χ3v) is 3.98. The van der Waals surface area contributed by atoms with E-state index in [1.165, 1.54) is 12.8 Å². The van der Waals surface area contributed by atoms with E-state index in [2.05, 4.69) is 4.90 Å². The normalized spacial score (nSPS) is 20.0. The van der Waals surface area contributed by atoms with Crippen molar-refractivity contribution in [1.82, 2.24) is 4.90 Å². The molecule has 1 aromatic carbocycles. The molecule has 1 saturated heterocycles. The monoisotopic (exact) mass is 278 g/mol. The first-order chi connectivity index (χ1) is 9.83. The maximum Gasteiger partial charge on any atom is 0.119 e. The maximum atomic E-state index is 9.36. The SMILES string of the molecule is NCc1ccc(OCCCN2CCCCC2CO)cc1. The maximum absolute atomic E-state index is 9.36. The molecule has 2 rings (SSSR count). The van der Waals surface area contributed by atoms with Crippen LogP contribution >= 0.6 is 0 Å². The number of aliphatic hydroxyl groups excluding tert-OH is 1. The molecule has 20 heavy (non-hydrogen) atoms. The van der Waals surface area contributed by atoms with Crippen LogP contribution in [0.4, 0.5) is 0 Å². The molecule has 0 aliphatic carbocycles. The van der Waals surface area contributed by atoms with Crippen LogP contribution in [0.25, 0.3) is 0 Å². The summed E-state index contributed by atoms with van der Waals surface area (Å²) in [5.41, 5.74) is 6.69. The molecular formula is C16H26N2O2. The fraction of sp³-hybridized carbons (Fsp3) is 0.625. The molecule has 3 N–H and O–H groups in total. The summed E-state index contributed by atoms with van der Waals surface area (Å²) < 4.78 is 5.74. The molecule has 1 aliphatic heterocycles. The topological polar surface area (TPSA) is 58.7 Å². The van der Waals surface area contributed by atoms with E-state index in [0.29, 0.717) is 12.6 Å². The van der Waals surface area contributed by atoms with Gasteiger partial charge in [0.15, 0.2) is 0 Å². The molecule has 0 radical (unpaired) electrons. The number of piperidine rings is 1. The highest BCUT2D eigenvalue weighted by Gasteiger charge is 2.20. The van der Waals surface area contributed by atoms with Gasteiger partial charge in [0.25, 0.3) is 0 Å². The minimum absolute atomic E-state index is 0.279. The lowest BCUT2D eigenvalue weighted by Gasteiger charge is -2.34. The fourth-order valence-corrected chi connectivity index (χ4v) is 2.74. The lowest BCUT2D eigenvalue weighted by Crippen LogP contribution is -2.42. The standard InChI is InChI=1S/C16H26N2O2/c17-12-14-5-7-16(8-6-14)20-11-3-10-18-9-2-1-4-15(18)13-19/h5-8,15,19H,1-4,9-13,17H2. The highest BCUT2D eigenvalue weighted by atomic mass is 16.5. The predicted molar refractivity (Wildman–Crippen MR) is 80.7 cm³/mol. The summed E-state index contributed by atoms with van der Waals surface area (Å²) in [6.07, 6.45) is 4.61. The number of rotatable bonds is 7. The number of benzene rings is 1. The summed E-state index contributed by atoms with van der Waals surface area (Å²) in [4.78, 5) is 2.39. The van der Waals surface area contributed by atoms with Crippen LogP contribution in [0, 0.1) is 0 Å². The summed E-state index contributed by atoms with van der Waals surface area (Å²) in [5, 5.41) is 9.36. The van der Waals surface area contributed by atoms with Crippen LogP contribution in [0.2, 0.25) is 0 Å². The molecule has 0 saturated carbocycles. The molecular weight excluding hydrogens is 252 g/mol. The Kier molecular flexibility index (Phi) is 6.30. The Bertz CT molecular complexity index is 381. The molecule has 0 amide bonds. The van der Waals surface area contributed by atoms with Crippen molar-refractivity contribution in [2.75, 3.05) is 26.3 Å². The van der Waals surface area contributed by atoms with E-state index in [0.717, 1.165) is 43.9 Å². The molecule has 4 heteroatoms. The second kappa shape index (κ2) is 8.25. The number of nitrogens with zero attached hydrogens (tertiary/aromatic N) is 1. The van der Waals surface area contributed by atoms with Gasteiger partial charge < -0.3 is 15.6 Å². The first-order valence-corrected chi connectivity index (χ1v) is 7.60. The average molecular weight is 278 g/mol. The Morgan fingerprint density at radius 3 is 2.75 bits per heavy atom. The summed E-state index contributed by atoms with van der Waals surface area (Å²) >= 11 is 0. The average Bonchev–Trinajstić information content (AvgIpc) is 2.52. The number of hydrogen-bond donors (Lipinski definition) is 2. The number of aliphatic hydroxyl groups is 1. The molecule has 1 aliphatic rings. The highest BCUT2D eigenvalue weighted by molar-refractivity contribution is 5.26. The van der Waals surface area contributed by atoms with Gasteiger partial charge in [-0.1, -0.05) is 18.6 Å². The second-order valence-corrected chi connectivity index (χ2v) is 5.42. The van der Waals surface area contributed by atoms with Crippen molar-refractivity contribution in [3.63, 3.8) is 0 Å². The molecule has 0 aromatic heterocycles. The van der Waals surface area contributed by atoms with E-state index in [-0.39, 0.29) is 6.61 Å². The fourth-order valence-electron chi connectivity index (χ4n) is 2.74. The lowest BCUT2D eigenvalue weighted by atomic mass is 10.0. The predicted octanol–water partition coefficient (Wildman–Crippen LogP) is 1.76. The van der Waals surface area contributed by atoms with Gasteiger partial charge in [-0.2, -0.15) is 0 Å². The van der Waals surface area contributed by atoms with Crippen LogP contribution in [0.15, 0.2) is 24.3 Å². The van der Waals surface area contributed by atoms with E-state index in [1.807, 2.05) is 24.3 Å². The summed E-state index contributed by atoms with van der Waals surface area (Å²) in [6.45, 7) is 3.68. The zero-order chi connectivity index (χ0) is 14.2. The molecule has 112 valence electrons. The van der Waals surface area contributed by atoms with E-state index < -0.39 is 0 Å². The van der Waals surface area contributed by atoms with Crippen LogP contribution in [0.3, 0.4) is 0 Å². The molecule has 1 aromatic rings. The van der Waals surface area contributed by atoms with Crippen LogP contribution in [0.1, 0.15) is 31.2 Å². The second-order valence-electron chi connectivity index (χ2n) is 5.42. The van der Waals surface area contributed by atoms with Crippen molar-refractivity contribution in [2.45, 2.75) is 38.3 Å². The van der Waals surface area contributed by atoms with Crippen LogP contribution < -0.4 is 10.5 Å². The minimum atomic E-state index is 0.279.